The number of carbonyl (C=O) groups is 1. The zero-order chi connectivity index (χ0) is 16.1. The molecule has 8 nitrogen and oxygen atoms in total. The normalized spacial score (nSPS) is 10.7. The Morgan fingerprint density at radius 2 is 2.00 bits per heavy atom. The summed E-state index contributed by atoms with van der Waals surface area (Å²) in [4.78, 5) is 16.2. The van der Waals surface area contributed by atoms with Crippen molar-refractivity contribution in [2.24, 2.45) is 0 Å². The smallest absolute Gasteiger partial charge is 0.278 e. The van der Waals surface area contributed by atoms with Gasteiger partial charge in [-0.1, -0.05) is 30.3 Å². The van der Waals surface area contributed by atoms with E-state index in [-0.39, 0.29) is 24.3 Å². The molecular formula is C15H16N6O2. The Labute approximate surface area is 132 Å². The Kier molecular flexibility index (Phi) is 4.44. The van der Waals surface area contributed by atoms with E-state index in [1.54, 1.807) is 30.4 Å². The lowest BCUT2D eigenvalue weighted by Crippen LogP contribution is -2.15. The van der Waals surface area contributed by atoms with Gasteiger partial charge in [-0.2, -0.15) is 5.10 Å². The van der Waals surface area contributed by atoms with Crippen LogP contribution in [-0.4, -0.2) is 37.6 Å². The lowest BCUT2D eigenvalue weighted by molar-refractivity contribution is 0.101. The van der Waals surface area contributed by atoms with Crippen LogP contribution < -0.4 is 5.32 Å². The third-order valence-electron chi connectivity index (χ3n) is 3.08. The van der Waals surface area contributed by atoms with Crippen LogP contribution in [0.2, 0.25) is 0 Å². The third kappa shape index (κ3) is 3.80. The lowest BCUT2D eigenvalue weighted by atomic mass is 10.2. The molecule has 0 saturated carbocycles. The highest BCUT2D eigenvalue weighted by molar-refractivity contribution is 6.01. The predicted molar refractivity (Wildman–Crippen MR) is 82.8 cm³/mol. The van der Waals surface area contributed by atoms with Crippen molar-refractivity contribution in [2.75, 3.05) is 12.4 Å². The molecule has 23 heavy (non-hydrogen) atoms. The maximum atomic E-state index is 12.1. The fourth-order valence-electron chi connectivity index (χ4n) is 2.05. The molecule has 0 atom stereocenters. The van der Waals surface area contributed by atoms with Gasteiger partial charge in [0.05, 0.1) is 6.54 Å². The van der Waals surface area contributed by atoms with Gasteiger partial charge in [0.15, 0.2) is 5.69 Å². The Balaban J connectivity index is 1.62. The number of carbonyl (C=O) groups excluding carboxylic acids is 1. The van der Waals surface area contributed by atoms with Crippen LogP contribution in [0.5, 0.6) is 0 Å². The average molecular weight is 312 g/mol. The maximum absolute atomic E-state index is 12.1. The molecule has 0 aliphatic rings. The van der Waals surface area contributed by atoms with Crippen LogP contribution in [0.4, 0.5) is 5.95 Å². The molecule has 118 valence electrons. The molecule has 2 heterocycles. The molecule has 3 rings (SSSR count). The number of anilines is 1. The summed E-state index contributed by atoms with van der Waals surface area (Å²) in [5, 5.41) is 10.9. The van der Waals surface area contributed by atoms with E-state index in [1.165, 1.54) is 4.68 Å². The third-order valence-corrected chi connectivity index (χ3v) is 3.08. The van der Waals surface area contributed by atoms with Crippen molar-refractivity contribution in [1.29, 1.82) is 0 Å². The van der Waals surface area contributed by atoms with Gasteiger partial charge in [-0.25, -0.2) is 14.3 Å². The SMILES string of the molecule is COCn1ccc(C(=O)Nc2ncn(Cc3ccccc3)n2)n1. The Morgan fingerprint density at radius 3 is 2.78 bits per heavy atom. The number of methoxy groups -OCH3 is 1. The molecule has 0 saturated heterocycles. The quantitative estimate of drug-likeness (QED) is 0.743. The van der Waals surface area contributed by atoms with Crippen LogP contribution in [0.1, 0.15) is 16.1 Å². The molecule has 1 aromatic carbocycles. The number of nitrogens with zero attached hydrogens (tertiary/aromatic N) is 5. The first-order valence-electron chi connectivity index (χ1n) is 7.02. The van der Waals surface area contributed by atoms with E-state index in [1.807, 2.05) is 30.3 Å². The molecular weight excluding hydrogens is 296 g/mol. The first-order valence-corrected chi connectivity index (χ1v) is 7.02. The molecule has 0 radical (unpaired) electrons. The van der Waals surface area contributed by atoms with Crippen LogP contribution in [0, 0.1) is 0 Å². The number of rotatable bonds is 6. The van der Waals surface area contributed by atoms with Crippen molar-refractivity contribution in [3.63, 3.8) is 0 Å². The van der Waals surface area contributed by atoms with E-state index in [0.717, 1.165) is 5.56 Å². The average Bonchev–Trinajstić information content (AvgIpc) is 3.18. The second-order valence-corrected chi connectivity index (χ2v) is 4.86. The molecule has 0 fully saturated rings. The van der Waals surface area contributed by atoms with Crippen molar-refractivity contribution in [1.82, 2.24) is 24.5 Å². The van der Waals surface area contributed by atoms with Crippen molar-refractivity contribution >= 4 is 11.9 Å². The highest BCUT2D eigenvalue weighted by atomic mass is 16.5. The summed E-state index contributed by atoms with van der Waals surface area (Å²) in [7, 11) is 1.56. The van der Waals surface area contributed by atoms with Gasteiger partial charge in [-0.15, -0.1) is 5.10 Å². The molecule has 0 aliphatic heterocycles. The first kappa shape index (κ1) is 14.9. The Morgan fingerprint density at radius 1 is 1.17 bits per heavy atom. The van der Waals surface area contributed by atoms with Crippen LogP contribution in [0.3, 0.4) is 0 Å². The molecule has 8 heteroatoms. The van der Waals surface area contributed by atoms with E-state index in [0.29, 0.717) is 6.54 Å². The summed E-state index contributed by atoms with van der Waals surface area (Å²) in [5.74, 6) is -0.121. The van der Waals surface area contributed by atoms with Crippen LogP contribution in [0.15, 0.2) is 48.9 Å². The standard InChI is InChI=1S/C15H16N6O2/c1-23-11-20-8-7-13(18-20)14(22)17-15-16-10-21(19-15)9-12-5-3-2-4-6-12/h2-8,10H,9,11H2,1H3,(H,17,19,22). The largest absolute Gasteiger partial charge is 0.362 e. The van der Waals surface area contributed by atoms with Gasteiger partial charge in [0, 0.05) is 13.3 Å². The zero-order valence-electron chi connectivity index (χ0n) is 12.6. The summed E-state index contributed by atoms with van der Waals surface area (Å²) in [6.07, 6.45) is 3.24. The molecule has 0 bridgehead atoms. The predicted octanol–water partition coefficient (Wildman–Crippen LogP) is 1.38. The minimum Gasteiger partial charge on any atom is -0.362 e. The van der Waals surface area contributed by atoms with E-state index >= 15 is 0 Å². The summed E-state index contributed by atoms with van der Waals surface area (Å²) in [5.41, 5.74) is 1.38. The second-order valence-electron chi connectivity index (χ2n) is 4.86. The fraction of sp³-hybridized carbons (Fsp3) is 0.200. The topological polar surface area (TPSA) is 86.9 Å². The Hall–Kier alpha value is -3.00. The van der Waals surface area contributed by atoms with Gasteiger partial charge < -0.3 is 4.74 Å². The molecule has 2 aromatic heterocycles. The van der Waals surface area contributed by atoms with Crippen LogP contribution in [-0.2, 0) is 18.0 Å². The number of ether oxygens (including phenoxy) is 1. The Bertz CT molecular complexity index is 780. The highest BCUT2D eigenvalue weighted by Gasteiger charge is 2.12. The molecule has 1 N–H and O–H groups in total. The number of aromatic nitrogens is 5. The number of amides is 1. The monoisotopic (exact) mass is 312 g/mol. The van der Waals surface area contributed by atoms with Crippen molar-refractivity contribution in [2.45, 2.75) is 13.3 Å². The molecule has 0 aliphatic carbocycles. The minimum atomic E-state index is -0.364. The number of nitrogens with one attached hydrogen (secondary N) is 1. The van der Waals surface area contributed by atoms with Gasteiger partial charge in [0.25, 0.3) is 5.91 Å². The van der Waals surface area contributed by atoms with Gasteiger partial charge in [-0.05, 0) is 11.6 Å². The summed E-state index contributed by atoms with van der Waals surface area (Å²) in [6.45, 7) is 0.878. The molecule has 3 aromatic rings. The maximum Gasteiger partial charge on any atom is 0.278 e. The van der Waals surface area contributed by atoms with Gasteiger partial charge in [0.1, 0.15) is 13.1 Å². The fourth-order valence-corrected chi connectivity index (χ4v) is 2.05. The van der Waals surface area contributed by atoms with E-state index in [4.69, 9.17) is 4.74 Å². The number of hydrogen-bond acceptors (Lipinski definition) is 5. The van der Waals surface area contributed by atoms with E-state index < -0.39 is 0 Å². The first-order chi connectivity index (χ1) is 11.2. The minimum absolute atomic E-state index is 0.243. The highest BCUT2D eigenvalue weighted by Crippen LogP contribution is 2.05. The number of benzene rings is 1. The van der Waals surface area contributed by atoms with Crippen molar-refractivity contribution < 1.29 is 9.53 Å². The number of hydrogen-bond donors (Lipinski definition) is 1. The van der Waals surface area contributed by atoms with Crippen LogP contribution >= 0.6 is 0 Å². The van der Waals surface area contributed by atoms with Gasteiger partial charge in [0.2, 0.25) is 5.95 Å². The second kappa shape index (κ2) is 6.84. The van der Waals surface area contributed by atoms with Crippen LogP contribution in [0.25, 0.3) is 0 Å². The molecule has 1 amide bonds. The van der Waals surface area contributed by atoms with Gasteiger partial charge in [-0.3, -0.25) is 10.1 Å². The van der Waals surface area contributed by atoms with E-state index in [9.17, 15) is 4.79 Å². The van der Waals surface area contributed by atoms with Crippen molar-refractivity contribution in [3.8, 4) is 0 Å². The van der Waals surface area contributed by atoms with Crippen molar-refractivity contribution in [3.05, 3.63) is 60.2 Å². The van der Waals surface area contributed by atoms with E-state index in [2.05, 4.69) is 20.5 Å². The molecule has 0 unspecified atom stereocenters. The molecule has 0 spiro atoms. The lowest BCUT2D eigenvalue weighted by Gasteiger charge is -2.00. The van der Waals surface area contributed by atoms with Gasteiger partial charge >= 0.3 is 0 Å². The summed E-state index contributed by atoms with van der Waals surface area (Å²) >= 11 is 0. The summed E-state index contributed by atoms with van der Waals surface area (Å²) < 4.78 is 8.13. The summed E-state index contributed by atoms with van der Waals surface area (Å²) in [6, 6.07) is 11.5. The zero-order valence-corrected chi connectivity index (χ0v) is 12.6.